The Kier molecular flexibility index (Phi) is 5.97. The Balaban J connectivity index is 1.65. The first-order valence-electron chi connectivity index (χ1n) is 8.92. The van der Waals surface area contributed by atoms with Crippen LogP contribution in [-0.2, 0) is 16.6 Å². The molecule has 0 fully saturated rings. The van der Waals surface area contributed by atoms with E-state index in [9.17, 15) is 9.59 Å². The van der Waals surface area contributed by atoms with Gasteiger partial charge in [0.1, 0.15) is 10.8 Å². The molecule has 3 aromatic rings. The Morgan fingerprint density at radius 3 is 2.48 bits per heavy atom. The van der Waals surface area contributed by atoms with Gasteiger partial charge in [-0.25, -0.2) is 9.78 Å². The lowest BCUT2D eigenvalue weighted by atomic mass is 10.2. The molecule has 29 heavy (non-hydrogen) atoms. The van der Waals surface area contributed by atoms with Crippen molar-refractivity contribution in [3.8, 4) is 16.3 Å². The van der Waals surface area contributed by atoms with Crippen LogP contribution in [0.2, 0.25) is 0 Å². The second-order valence-corrected chi connectivity index (χ2v) is 7.33. The first-order valence-corrected chi connectivity index (χ1v) is 9.80. The molecule has 152 valence electrons. The van der Waals surface area contributed by atoms with Crippen molar-refractivity contribution < 1.29 is 19.1 Å². The van der Waals surface area contributed by atoms with Crippen molar-refractivity contribution in [2.75, 3.05) is 12.4 Å². The second-order valence-electron chi connectivity index (χ2n) is 6.47. The lowest BCUT2D eigenvalue weighted by molar-refractivity contribution is -0.123. The van der Waals surface area contributed by atoms with Crippen molar-refractivity contribution >= 4 is 28.9 Å². The number of methoxy groups -OCH3 is 1. The van der Waals surface area contributed by atoms with Crippen LogP contribution in [0.5, 0.6) is 5.75 Å². The highest BCUT2D eigenvalue weighted by Gasteiger charge is 2.23. The number of carbonyl (C=O) groups is 2. The van der Waals surface area contributed by atoms with Crippen LogP contribution in [0.4, 0.5) is 5.69 Å². The Bertz CT molecular complexity index is 1040. The van der Waals surface area contributed by atoms with Gasteiger partial charge in [-0.15, -0.1) is 11.3 Å². The van der Waals surface area contributed by atoms with E-state index < -0.39 is 18.0 Å². The zero-order valence-corrected chi connectivity index (χ0v) is 17.7. The lowest BCUT2D eigenvalue weighted by Gasteiger charge is -2.13. The molecule has 2 aromatic heterocycles. The van der Waals surface area contributed by atoms with E-state index in [0.29, 0.717) is 16.4 Å². The fraction of sp³-hybridized carbons (Fsp3) is 0.300. The van der Waals surface area contributed by atoms with E-state index in [0.717, 1.165) is 17.0 Å². The molecule has 1 N–H and O–H groups in total. The first-order chi connectivity index (χ1) is 13.8. The van der Waals surface area contributed by atoms with Gasteiger partial charge in [0.05, 0.1) is 24.2 Å². The second kappa shape index (κ2) is 8.44. The molecule has 0 aliphatic rings. The number of ether oxygens (including phenoxy) is 2. The number of nitrogens with one attached hydrogen (secondary N) is 1. The minimum Gasteiger partial charge on any atom is -0.497 e. The molecule has 9 heteroatoms. The molecule has 0 radical (unpaired) electrons. The highest BCUT2D eigenvalue weighted by molar-refractivity contribution is 7.13. The fourth-order valence-electron chi connectivity index (χ4n) is 2.69. The van der Waals surface area contributed by atoms with Gasteiger partial charge < -0.3 is 14.8 Å². The van der Waals surface area contributed by atoms with Gasteiger partial charge in [-0.3, -0.25) is 9.48 Å². The Morgan fingerprint density at radius 2 is 1.90 bits per heavy atom. The van der Waals surface area contributed by atoms with Gasteiger partial charge in [0, 0.05) is 18.0 Å². The van der Waals surface area contributed by atoms with Crippen LogP contribution in [-0.4, -0.2) is 39.9 Å². The van der Waals surface area contributed by atoms with Crippen LogP contribution in [0.15, 0.2) is 29.6 Å². The molecule has 0 saturated carbocycles. The number of nitrogens with zero attached hydrogens (tertiary/aromatic N) is 3. The van der Waals surface area contributed by atoms with Crippen molar-refractivity contribution in [2.24, 2.45) is 7.05 Å². The maximum atomic E-state index is 12.4. The summed E-state index contributed by atoms with van der Waals surface area (Å²) in [6, 6.07) is 7.37. The summed E-state index contributed by atoms with van der Waals surface area (Å²) in [6.45, 7) is 5.17. The molecule has 0 unspecified atom stereocenters. The fourth-order valence-corrected chi connectivity index (χ4v) is 3.48. The highest BCUT2D eigenvalue weighted by Crippen LogP contribution is 2.26. The van der Waals surface area contributed by atoms with E-state index >= 15 is 0 Å². The van der Waals surface area contributed by atoms with E-state index in [4.69, 9.17) is 9.47 Å². The number of esters is 1. The third kappa shape index (κ3) is 4.45. The molecule has 1 aromatic carbocycles. The third-order valence-corrected chi connectivity index (χ3v) is 5.35. The monoisotopic (exact) mass is 414 g/mol. The zero-order chi connectivity index (χ0) is 21.1. The molecular formula is C20H22N4O4S. The van der Waals surface area contributed by atoms with Crippen molar-refractivity contribution in [3.05, 3.63) is 46.7 Å². The van der Waals surface area contributed by atoms with Crippen LogP contribution in [0.25, 0.3) is 10.6 Å². The highest BCUT2D eigenvalue weighted by atomic mass is 32.1. The average molecular weight is 414 g/mol. The summed E-state index contributed by atoms with van der Waals surface area (Å²) in [5.74, 6) is -0.338. The van der Waals surface area contributed by atoms with Gasteiger partial charge in [-0.05, 0) is 45.0 Å². The molecule has 2 heterocycles. The van der Waals surface area contributed by atoms with Crippen LogP contribution < -0.4 is 10.1 Å². The number of hydrogen-bond acceptors (Lipinski definition) is 7. The van der Waals surface area contributed by atoms with Gasteiger partial charge in [0.25, 0.3) is 5.91 Å². The number of hydrogen-bond donors (Lipinski definition) is 1. The first kappa shape index (κ1) is 20.5. The molecule has 0 saturated heterocycles. The molecule has 8 nitrogen and oxygen atoms in total. The number of aryl methyl sites for hydroxylation is 2. The van der Waals surface area contributed by atoms with Crippen molar-refractivity contribution in [3.63, 3.8) is 0 Å². The standard InChI is InChI=1S/C20H22N4O4S/c1-11-17(12(2)24(4)23-11)22-18(25)13(3)28-20(26)16-10-29-19(21-16)14-6-8-15(27-5)9-7-14/h6-10,13H,1-5H3,(H,22,25)/t13-/m0/s1. The van der Waals surface area contributed by atoms with Crippen LogP contribution in [0, 0.1) is 13.8 Å². The average Bonchev–Trinajstić information content (AvgIpc) is 3.29. The van der Waals surface area contributed by atoms with Gasteiger partial charge in [-0.2, -0.15) is 5.10 Å². The van der Waals surface area contributed by atoms with Crippen molar-refractivity contribution in [1.29, 1.82) is 0 Å². The van der Waals surface area contributed by atoms with E-state index in [1.807, 2.05) is 31.2 Å². The number of aromatic nitrogens is 3. The summed E-state index contributed by atoms with van der Waals surface area (Å²) >= 11 is 1.32. The minimum absolute atomic E-state index is 0.161. The van der Waals surface area contributed by atoms with E-state index in [2.05, 4.69) is 15.4 Å². The van der Waals surface area contributed by atoms with Crippen molar-refractivity contribution in [1.82, 2.24) is 14.8 Å². The molecule has 1 amide bonds. The van der Waals surface area contributed by atoms with Gasteiger partial charge in [0.15, 0.2) is 11.8 Å². The van der Waals surface area contributed by atoms with Crippen LogP contribution in [0.1, 0.15) is 28.8 Å². The zero-order valence-electron chi connectivity index (χ0n) is 16.8. The molecular weight excluding hydrogens is 392 g/mol. The summed E-state index contributed by atoms with van der Waals surface area (Å²) in [7, 11) is 3.39. The Labute approximate surface area is 172 Å². The molecule has 0 aliphatic heterocycles. The van der Waals surface area contributed by atoms with Crippen LogP contribution in [0.3, 0.4) is 0 Å². The predicted octanol–water partition coefficient (Wildman–Crippen LogP) is 3.35. The molecule has 0 bridgehead atoms. The number of anilines is 1. The van der Waals surface area contributed by atoms with E-state index in [1.54, 1.807) is 31.1 Å². The minimum atomic E-state index is -0.979. The largest absolute Gasteiger partial charge is 0.497 e. The van der Waals surface area contributed by atoms with Gasteiger partial charge in [0.2, 0.25) is 0 Å². The summed E-state index contributed by atoms with van der Waals surface area (Å²) in [4.78, 5) is 29.1. The summed E-state index contributed by atoms with van der Waals surface area (Å²) in [6.07, 6.45) is -0.979. The summed E-state index contributed by atoms with van der Waals surface area (Å²) < 4.78 is 12.1. The number of amides is 1. The number of rotatable bonds is 6. The third-order valence-electron chi connectivity index (χ3n) is 4.46. The molecule has 0 aliphatic carbocycles. The van der Waals surface area contributed by atoms with Crippen molar-refractivity contribution in [2.45, 2.75) is 26.9 Å². The van der Waals surface area contributed by atoms with E-state index in [-0.39, 0.29) is 5.69 Å². The number of thiazole rings is 1. The smallest absolute Gasteiger partial charge is 0.358 e. The van der Waals surface area contributed by atoms with Crippen LogP contribution >= 0.6 is 11.3 Å². The summed E-state index contributed by atoms with van der Waals surface area (Å²) in [5.41, 5.74) is 3.16. The van der Waals surface area contributed by atoms with Gasteiger partial charge in [-0.1, -0.05) is 0 Å². The number of carbonyl (C=O) groups excluding carboxylic acids is 2. The molecule has 1 atom stereocenters. The lowest BCUT2D eigenvalue weighted by Crippen LogP contribution is -2.30. The van der Waals surface area contributed by atoms with E-state index in [1.165, 1.54) is 18.3 Å². The Morgan fingerprint density at radius 1 is 1.21 bits per heavy atom. The normalized spacial score (nSPS) is 11.8. The molecule has 0 spiro atoms. The Hall–Kier alpha value is -3.20. The van der Waals surface area contributed by atoms with Gasteiger partial charge >= 0.3 is 5.97 Å². The maximum absolute atomic E-state index is 12.4. The maximum Gasteiger partial charge on any atom is 0.358 e. The summed E-state index contributed by atoms with van der Waals surface area (Å²) in [5, 5.41) is 9.31. The quantitative estimate of drug-likeness (QED) is 0.622. The SMILES string of the molecule is COc1ccc(-c2nc(C(=O)O[C@@H](C)C(=O)Nc3c(C)nn(C)c3C)cs2)cc1. The topological polar surface area (TPSA) is 95.3 Å². The number of benzene rings is 1. The molecule has 3 rings (SSSR count). The predicted molar refractivity (Wildman–Crippen MR) is 110 cm³/mol.